The predicted octanol–water partition coefficient (Wildman–Crippen LogP) is 3.29. The third-order valence-electron chi connectivity index (χ3n) is 7.36. The Kier molecular flexibility index (Phi) is 7.89. The topological polar surface area (TPSA) is 111 Å². The summed E-state index contributed by atoms with van der Waals surface area (Å²) in [6.45, 7) is 12.3. The van der Waals surface area contributed by atoms with E-state index < -0.39 is 0 Å². The van der Waals surface area contributed by atoms with Crippen LogP contribution in [0.1, 0.15) is 57.7 Å². The van der Waals surface area contributed by atoms with Crippen molar-refractivity contribution in [1.82, 2.24) is 19.5 Å². The molecule has 3 atom stereocenters. The molecule has 39 heavy (non-hydrogen) atoms. The summed E-state index contributed by atoms with van der Waals surface area (Å²) in [6.07, 6.45) is 2.50. The molecular weight excluding hydrogens is 494 g/mol. The van der Waals surface area contributed by atoms with Gasteiger partial charge in [-0.15, -0.1) is 0 Å². The van der Waals surface area contributed by atoms with E-state index >= 15 is 0 Å². The van der Waals surface area contributed by atoms with Gasteiger partial charge < -0.3 is 19.4 Å². The van der Waals surface area contributed by atoms with Crippen molar-refractivity contribution in [3.8, 4) is 23.6 Å². The van der Waals surface area contributed by atoms with Crippen LogP contribution in [-0.2, 0) is 11.2 Å². The monoisotopic (exact) mass is 531 g/mol. The highest BCUT2D eigenvalue weighted by molar-refractivity contribution is 5.91. The molecule has 2 aliphatic heterocycles. The fourth-order valence-corrected chi connectivity index (χ4v) is 5.35. The Labute approximate surface area is 230 Å². The normalized spacial score (nSPS) is 21.8. The van der Waals surface area contributed by atoms with Crippen molar-refractivity contribution in [3.63, 3.8) is 0 Å². The van der Waals surface area contributed by atoms with Crippen LogP contribution < -0.4 is 14.5 Å². The standard InChI is InChI=1S/C29H37N7O3/c1-19-15-35(27(23(13-31)17-37)28-32-24(10-11-30)16-36(28)33(6)7)20(2)14-34(19)21(3)22-8-9-25-26(12-22)39-29(4,5)18-38-25/h8-9,12,16-17,19-21H,10,14-15,18H2,1-7H3/b27-23+/t19-,20?,21?/m1/s1. The number of benzene rings is 1. The highest BCUT2D eigenvalue weighted by atomic mass is 16.6. The zero-order valence-electron chi connectivity index (χ0n) is 23.8. The molecule has 0 N–H and O–H groups in total. The lowest BCUT2D eigenvalue weighted by Gasteiger charge is -2.48. The molecule has 0 saturated carbocycles. The molecule has 2 unspecified atom stereocenters. The number of nitriles is 2. The van der Waals surface area contributed by atoms with E-state index in [4.69, 9.17) is 9.47 Å². The van der Waals surface area contributed by atoms with Crippen molar-refractivity contribution in [2.24, 2.45) is 0 Å². The van der Waals surface area contributed by atoms with Gasteiger partial charge in [0.15, 0.2) is 23.6 Å². The molecule has 0 amide bonds. The maximum absolute atomic E-state index is 12.1. The van der Waals surface area contributed by atoms with E-state index in [1.165, 1.54) is 0 Å². The molecule has 2 aliphatic rings. The SMILES string of the molecule is CC1CN(C(C)c2ccc3c(c2)OC(C)(C)CO3)[C@H](C)CN1/C(=C(\C#N)C=O)c1nc(CC#N)cn1N(C)C. The summed E-state index contributed by atoms with van der Waals surface area (Å²) in [6, 6.07) is 10.5. The van der Waals surface area contributed by atoms with E-state index in [2.05, 4.69) is 59.8 Å². The average molecular weight is 532 g/mol. The smallest absolute Gasteiger partial charge is 0.176 e. The van der Waals surface area contributed by atoms with E-state index in [-0.39, 0.29) is 35.7 Å². The number of piperazine rings is 1. The Morgan fingerprint density at radius 2 is 1.97 bits per heavy atom. The summed E-state index contributed by atoms with van der Waals surface area (Å²) >= 11 is 0. The van der Waals surface area contributed by atoms with Crippen LogP contribution in [0.2, 0.25) is 0 Å². The lowest BCUT2D eigenvalue weighted by Crippen LogP contribution is -2.56. The molecular formula is C29H37N7O3. The molecule has 1 aromatic carbocycles. The van der Waals surface area contributed by atoms with Crippen LogP contribution in [-0.4, -0.2) is 77.2 Å². The van der Waals surface area contributed by atoms with Gasteiger partial charge in [0.05, 0.1) is 24.4 Å². The van der Waals surface area contributed by atoms with E-state index in [1.54, 1.807) is 10.9 Å². The van der Waals surface area contributed by atoms with Crippen LogP contribution in [0.15, 0.2) is 30.0 Å². The van der Waals surface area contributed by atoms with E-state index in [9.17, 15) is 15.3 Å². The Morgan fingerprint density at radius 3 is 2.62 bits per heavy atom. The highest BCUT2D eigenvalue weighted by Gasteiger charge is 2.37. The molecule has 1 saturated heterocycles. The molecule has 10 heteroatoms. The number of ether oxygens (including phenoxy) is 2. The first kappa shape index (κ1) is 28.0. The lowest BCUT2D eigenvalue weighted by molar-refractivity contribution is -0.104. The Morgan fingerprint density at radius 1 is 1.23 bits per heavy atom. The second-order valence-electron chi connectivity index (χ2n) is 11.2. The van der Waals surface area contributed by atoms with Gasteiger partial charge in [-0.05, 0) is 52.3 Å². The molecule has 0 spiro atoms. The third kappa shape index (κ3) is 5.57. The molecule has 0 radical (unpaired) electrons. The summed E-state index contributed by atoms with van der Waals surface area (Å²) in [5, 5.41) is 20.9. The van der Waals surface area contributed by atoms with Gasteiger partial charge in [0.1, 0.15) is 29.5 Å². The fourth-order valence-electron chi connectivity index (χ4n) is 5.35. The van der Waals surface area contributed by atoms with Crippen molar-refractivity contribution in [3.05, 3.63) is 47.1 Å². The Hall–Kier alpha value is -4.02. The number of rotatable bonds is 7. The molecule has 0 bridgehead atoms. The van der Waals surface area contributed by atoms with Crippen molar-refractivity contribution in [2.45, 2.75) is 64.8 Å². The van der Waals surface area contributed by atoms with Gasteiger partial charge in [-0.25, -0.2) is 9.66 Å². The van der Waals surface area contributed by atoms with E-state index in [0.717, 1.165) is 17.1 Å². The van der Waals surface area contributed by atoms with Gasteiger partial charge in [0.2, 0.25) is 0 Å². The van der Waals surface area contributed by atoms with Gasteiger partial charge in [-0.3, -0.25) is 9.69 Å². The lowest BCUT2D eigenvalue weighted by atomic mass is 9.99. The van der Waals surface area contributed by atoms with Crippen molar-refractivity contribution < 1.29 is 14.3 Å². The number of hydrogen-bond acceptors (Lipinski definition) is 9. The number of aldehydes is 1. The molecule has 2 aromatic rings. The molecule has 206 valence electrons. The van der Waals surface area contributed by atoms with E-state index in [1.807, 2.05) is 39.0 Å². The molecule has 1 aromatic heterocycles. The number of imidazole rings is 1. The Balaban J connectivity index is 1.65. The predicted molar refractivity (Wildman–Crippen MR) is 148 cm³/mol. The Bertz CT molecular complexity index is 1350. The van der Waals surface area contributed by atoms with Gasteiger partial charge in [-0.1, -0.05) is 6.07 Å². The molecule has 10 nitrogen and oxygen atoms in total. The summed E-state index contributed by atoms with van der Waals surface area (Å²) < 4.78 is 13.9. The van der Waals surface area contributed by atoms with Gasteiger partial charge in [0, 0.05) is 45.3 Å². The molecule has 3 heterocycles. The summed E-state index contributed by atoms with van der Waals surface area (Å²) in [5.74, 6) is 1.99. The van der Waals surface area contributed by atoms with Gasteiger partial charge in [0.25, 0.3) is 0 Å². The second-order valence-corrected chi connectivity index (χ2v) is 11.2. The first-order chi connectivity index (χ1) is 18.5. The van der Waals surface area contributed by atoms with Crippen LogP contribution in [0.3, 0.4) is 0 Å². The van der Waals surface area contributed by atoms with Gasteiger partial charge in [-0.2, -0.15) is 10.5 Å². The molecule has 4 rings (SSSR count). The number of hydrogen-bond donors (Lipinski definition) is 0. The summed E-state index contributed by atoms with van der Waals surface area (Å²) in [7, 11) is 3.71. The number of aromatic nitrogens is 2. The average Bonchev–Trinajstić information content (AvgIpc) is 3.31. The number of allylic oxidation sites excluding steroid dienone is 1. The maximum atomic E-state index is 12.1. The zero-order valence-corrected chi connectivity index (χ0v) is 23.8. The first-order valence-electron chi connectivity index (χ1n) is 13.2. The van der Waals surface area contributed by atoms with E-state index in [0.29, 0.717) is 43.2 Å². The number of carbonyl (C=O) groups excluding carboxylic acids is 1. The first-order valence-corrected chi connectivity index (χ1v) is 13.2. The molecule has 0 aliphatic carbocycles. The van der Waals surface area contributed by atoms with Crippen LogP contribution in [0.5, 0.6) is 11.5 Å². The number of nitrogens with zero attached hydrogens (tertiary/aromatic N) is 7. The van der Waals surface area contributed by atoms with Crippen molar-refractivity contribution in [2.75, 3.05) is 38.8 Å². The summed E-state index contributed by atoms with van der Waals surface area (Å²) in [4.78, 5) is 21.3. The quantitative estimate of drug-likeness (QED) is 0.302. The minimum absolute atomic E-state index is 0.0159. The minimum atomic E-state index is -0.382. The maximum Gasteiger partial charge on any atom is 0.176 e. The highest BCUT2D eigenvalue weighted by Crippen LogP contribution is 2.39. The minimum Gasteiger partial charge on any atom is -0.486 e. The van der Waals surface area contributed by atoms with Crippen LogP contribution in [0.25, 0.3) is 5.70 Å². The second kappa shape index (κ2) is 11.0. The molecule has 1 fully saturated rings. The zero-order chi connectivity index (χ0) is 28.5. The van der Waals surface area contributed by atoms with Gasteiger partial charge >= 0.3 is 0 Å². The van der Waals surface area contributed by atoms with Crippen molar-refractivity contribution >= 4 is 12.0 Å². The summed E-state index contributed by atoms with van der Waals surface area (Å²) in [5.41, 5.74) is 1.83. The van der Waals surface area contributed by atoms with Crippen LogP contribution in [0, 0.1) is 22.7 Å². The third-order valence-corrected chi connectivity index (χ3v) is 7.36. The van der Waals surface area contributed by atoms with Crippen molar-refractivity contribution in [1.29, 1.82) is 10.5 Å². The fraction of sp³-hybridized carbons (Fsp3) is 0.517. The number of carbonyl (C=O) groups is 1. The van der Waals surface area contributed by atoms with Crippen LogP contribution >= 0.6 is 0 Å². The number of fused-ring (bicyclic) bond motifs is 1. The largest absolute Gasteiger partial charge is 0.486 e. The van der Waals surface area contributed by atoms with Crippen LogP contribution in [0.4, 0.5) is 0 Å².